The van der Waals surface area contributed by atoms with Crippen molar-refractivity contribution < 1.29 is 4.79 Å². The van der Waals surface area contributed by atoms with Gasteiger partial charge in [-0.25, -0.2) is 4.79 Å². The van der Waals surface area contributed by atoms with Gasteiger partial charge in [0.15, 0.2) is 0 Å². The molecule has 0 radical (unpaired) electrons. The highest BCUT2D eigenvalue weighted by Gasteiger charge is 2.37. The topological polar surface area (TPSA) is 56.2 Å². The minimum absolute atomic E-state index is 0.202. The van der Waals surface area contributed by atoms with Crippen molar-refractivity contribution in [1.82, 2.24) is 10.2 Å². The summed E-state index contributed by atoms with van der Waals surface area (Å²) in [6, 6.07) is 4.80. The van der Waals surface area contributed by atoms with Crippen molar-refractivity contribution in [2.45, 2.75) is 19.9 Å². The molecule has 1 aliphatic rings. The molecule has 2 N–H and O–H groups in total. The molecule has 1 heterocycles. The van der Waals surface area contributed by atoms with Gasteiger partial charge in [0.1, 0.15) is 11.9 Å². The molecule has 1 aromatic carbocycles. The van der Waals surface area contributed by atoms with Crippen LogP contribution in [-0.4, -0.2) is 23.3 Å². The maximum absolute atomic E-state index is 11.9. The van der Waals surface area contributed by atoms with Crippen molar-refractivity contribution in [1.29, 1.82) is 5.41 Å². The predicted molar refractivity (Wildman–Crippen MR) is 79.7 cm³/mol. The Hall–Kier alpha value is -1.07. The molecule has 19 heavy (non-hydrogen) atoms. The Morgan fingerprint density at radius 2 is 2.21 bits per heavy atom. The Morgan fingerprint density at radius 1 is 1.53 bits per heavy atom. The van der Waals surface area contributed by atoms with Gasteiger partial charge in [0.25, 0.3) is 0 Å². The van der Waals surface area contributed by atoms with Gasteiger partial charge in [0.2, 0.25) is 0 Å². The van der Waals surface area contributed by atoms with Crippen LogP contribution >= 0.6 is 27.5 Å². The lowest BCUT2D eigenvalue weighted by Crippen LogP contribution is -2.33. The van der Waals surface area contributed by atoms with Gasteiger partial charge in [0, 0.05) is 16.0 Å². The second-order valence-corrected chi connectivity index (χ2v) is 6.25. The number of hydrogen-bond acceptors (Lipinski definition) is 2. The molecule has 0 spiro atoms. The van der Waals surface area contributed by atoms with E-state index in [1.165, 1.54) is 0 Å². The number of rotatable bonds is 3. The highest BCUT2D eigenvalue weighted by atomic mass is 79.9. The van der Waals surface area contributed by atoms with E-state index in [2.05, 4.69) is 21.2 Å². The summed E-state index contributed by atoms with van der Waals surface area (Å²) in [5.41, 5.74) is 0.869. The van der Waals surface area contributed by atoms with Crippen LogP contribution in [0.25, 0.3) is 0 Å². The first-order valence-corrected chi connectivity index (χ1v) is 7.18. The summed E-state index contributed by atoms with van der Waals surface area (Å²) in [5, 5.41) is 11.2. The average Bonchev–Trinajstić information content (AvgIpc) is 2.54. The minimum Gasteiger partial charge on any atom is -0.310 e. The number of carbonyl (C=O) groups excluding carboxylic acids is 1. The van der Waals surface area contributed by atoms with Crippen LogP contribution in [0.1, 0.15) is 25.5 Å². The largest absolute Gasteiger partial charge is 0.323 e. The summed E-state index contributed by atoms with van der Waals surface area (Å²) in [4.78, 5) is 13.6. The van der Waals surface area contributed by atoms with Crippen molar-refractivity contribution in [2.24, 2.45) is 5.92 Å². The van der Waals surface area contributed by atoms with E-state index in [1.54, 1.807) is 17.0 Å². The fraction of sp³-hybridized carbons (Fsp3) is 0.385. The van der Waals surface area contributed by atoms with Gasteiger partial charge in [-0.2, -0.15) is 0 Å². The minimum atomic E-state index is -0.374. The SMILES string of the molecule is CC(C)CN1C(=O)NC(=N)C1c1ccc(Cl)cc1Br. The maximum atomic E-state index is 11.9. The Bertz CT molecular complexity index is 533. The molecule has 1 unspecified atom stereocenters. The normalized spacial score (nSPS) is 19.2. The summed E-state index contributed by atoms with van der Waals surface area (Å²) < 4.78 is 0.806. The van der Waals surface area contributed by atoms with E-state index < -0.39 is 0 Å². The highest BCUT2D eigenvalue weighted by Crippen LogP contribution is 2.33. The molecular weight excluding hydrogens is 330 g/mol. The third kappa shape index (κ3) is 2.92. The lowest BCUT2D eigenvalue weighted by atomic mass is 10.0. The van der Waals surface area contributed by atoms with Gasteiger partial charge in [-0.3, -0.25) is 10.7 Å². The number of urea groups is 1. The molecule has 6 heteroatoms. The second kappa shape index (κ2) is 5.51. The third-order valence-corrected chi connectivity index (χ3v) is 3.83. The zero-order valence-corrected chi connectivity index (χ0v) is 13.0. The highest BCUT2D eigenvalue weighted by molar-refractivity contribution is 9.10. The van der Waals surface area contributed by atoms with E-state index in [0.29, 0.717) is 17.5 Å². The average molecular weight is 345 g/mol. The van der Waals surface area contributed by atoms with Crippen molar-refractivity contribution in [2.75, 3.05) is 6.54 Å². The third-order valence-electron chi connectivity index (χ3n) is 2.91. The molecule has 102 valence electrons. The van der Waals surface area contributed by atoms with E-state index in [9.17, 15) is 4.79 Å². The van der Waals surface area contributed by atoms with Crippen LogP contribution in [0, 0.1) is 11.3 Å². The molecule has 0 saturated carbocycles. The van der Waals surface area contributed by atoms with Crippen LogP contribution in [0.15, 0.2) is 22.7 Å². The molecule has 0 aliphatic carbocycles. The van der Waals surface area contributed by atoms with Crippen molar-refractivity contribution in [3.05, 3.63) is 33.3 Å². The fourth-order valence-electron chi connectivity index (χ4n) is 2.16. The van der Waals surface area contributed by atoms with Crippen LogP contribution in [0.5, 0.6) is 0 Å². The zero-order chi connectivity index (χ0) is 14.2. The van der Waals surface area contributed by atoms with Crippen LogP contribution in [0.3, 0.4) is 0 Å². The zero-order valence-electron chi connectivity index (χ0n) is 10.7. The van der Waals surface area contributed by atoms with E-state index in [0.717, 1.165) is 10.0 Å². The predicted octanol–water partition coefficient (Wildman–Crippen LogP) is 3.80. The molecule has 2 rings (SSSR count). The van der Waals surface area contributed by atoms with Crippen molar-refractivity contribution in [3.8, 4) is 0 Å². The van der Waals surface area contributed by atoms with Crippen LogP contribution < -0.4 is 5.32 Å². The molecule has 1 atom stereocenters. The first-order chi connectivity index (χ1) is 8.90. The van der Waals surface area contributed by atoms with E-state index in [1.807, 2.05) is 19.9 Å². The van der Waals surface area contributed by atoms with Gasteiger partial charge in [-0.05, 0) is 23.6 Å². The van der Waals surface area contributed by atoms with Gasteiger partial charge in [-0.15, -0.1) is 0 Å². The smallest absolute Gasteiger partial charge is 0.310 e. The van der Waals surface area contributed by atoms with Gasteiger partial charge in [0.05, 0.1) is 0 Å². The summed E-state index contributed by atoms with van der Waals surface area (Å²) in [6.07, 6.45) is 0. The number of halogens is 2. The number of benzene rings is 1. The quantitative estimate of drug-likeness (QED) is 0.861. The molecule has 1 fully saturated rings. The van der Waals surface area contributed by atoms with Crippen LogP contribution in [-0.2, 0) is 0 Å². The Kier molecular flexibility index (Phi) is 4.16. The number of carbonyl (C=O) groups is 1. The van der Waals surface area contributed by atoms with Crippen LogP contribution in [0.4, 0.5) is 4.79 Å². The fourth-order valence-corrected chi connectivity index (χ4v) is 3.06. The molecule has 4 nitrogen and oxygen atoms in total. The second-order valence-electron chi connectivity index (χ2n) is 4.96. The number of hydrogen-bond donors (Lipinski definition) is 2. The van der Waals surface area contributed by atoms with Crippen molar-refractivity contribution in [3.63, 3.8) is 0 Å². The lowest BCUT2D eigenvalue weighted by Gasteiger charge is -2.25. The van der Waals surface area contributed by atoms with Gasteiger partial charge in [-0.1, -0.05) is 47.4 Å². The molecule has 1 aliphatic heterocycles. The maximum Gasteiger partial charge on any atom is 0.323 e. The molecule has 0 bridgehead atoms. The van der Waals surface area contributed by atoms with E-state index in [-0.39, 0.29) is 17.9 Å². The summed E-state index contributed by atoms with van der Waals surface area (Å²) in [5.74, 6) is 0.541. The lowest BCUT2D eigenvalue weighted by molar-refractivity contribution is 0.198. The molecule has 1 saturated heterocycles. The molecule has 1 aromatic rings. The number of amidine groups is 1. The molecule has 0 aromatic heterocycles. The first kappa shape index (κ1) is 14.3. The number of nitrogens with one attached hydrogen (secondary N) is 2. The number of nitrogens with zero attached hydrogens (tertiary/aromatic N) is 1. The Balaban J connectivity index is 2.39. The van der Waals surface area contributed by atoms with Gasteiger partial charge >= 0.3 is 6.03 Å². The summed E-state index contributed by atoms with van der Waals surface area (Å²) in [7, 11) is 0. The van der Waals surface area contributed by atoms with E-state index >= 15 is 0 Å². The monoisotopic (exact) mass is 343 g/mol. The van der Waals surface area contributed by atoms with Crippen LogP contribution in [0.2, 0.25) is 5.02 Å². The van der Waals surface area contributed by atoms with Gasteiger partial charge < -0.3 is 4.90 Å². The Morgan fingerprint density at radius 3 is 2.79 bits per heavy atom. The summed E-state index contributed by atoms with van der Waals surface area (Å²) >= 11 is 9.38. The summed E-state index contributed by atoms with van der Waals surface area (Å²) in [6.45, 7) is 4.69. The first-order valence-electron chi connectivity index (χ1n) is 6.01. The van der Waals surface area contributed by atoms with Crippen molar-refractivity contribution >= 4 is 39.4 Å². The standard InChI is InChI=1S/C13H15BrClN3O/c1-7(2)6-18-11(12(16)17-13(18)19)9-4-3-8(15)5-10(9)14/h3-5,7,11H,6H2,1-2H3,(H2,16,17,19). The Labute approximate surface area is 125 Å². The molecule has 2 amide bonds. The number of amides is 2. The van der Waals surface area contributed by atoms with E-state index in [4.69, 9.17) is 17.0 Å². The molecular formula is C13H15BrClN3O.